The van der Waals surface area contributed by atoms with Crippen molar-refractivity contribution in [1.29, 1.82) is 0 Å². The van der Waals surface area contributed by atoms with Gasteiger partial charge >= 0.3 is 5.97 Å². The van der Waals surface area contributed by atoms with Gasteiger partial charge in [0.2, 0.25) is 0 Å². The number of halogens is 1. The molecule has 0 fully saturated rings. The normalized spacial score (nSPS) is 15.6. The summed E-state index contributed by atoms with van der Waals surface area (Å²) in [4.78, 5) is 10.9. The second kappa shape index (κ2) is 3.05. The number of carboxylic acids is 1. The lowest BCUT2D eigenvalue weighted by Crippen LogP contribution is -2.30. The predicted molar refractivity (Wildman–Crippen MR) is 46.5 cm³/mol. The van der Waals surface area contributed by atoms with E-state index in [1.165, 1.54) is 13.0 Å². The summed E-state index contributed by atoms with van der Waals surface area (Å²) in [5.74, 6) is -1.28. The Morgan fingerprint density at radius 2 is 2.25 bits per heavy atom. The monoisotopic (exact) mass is 206 g/mol. The molecule has 1 aromatic rings. The van der Waals surface area contributed by atoms with Crippen molar-refractivity contribution in [2.24, 2.45) is 0 Å². The zero-order valence-electron chi connectivity index (χ0n) is 6.24. The number of aliphatic hydroxyl groups is 1. The van der Waals surface area contributed by atoms with E-state index in [0.717, 1.165) is 11.3 Å². The number of hydrogen-bond donors (Lipinski definition) is 2. The SMILES string of the molecule is CC(O)(C(=O)O)c1ccc(Cl)s1. The summed E-state index contributed by atoms with van der Waals surface area (Å²) in [5.41, 5.74) is -1.84. The van der Waals surface area contributed by atoms with E-state index in [1.807, 2.05) is 0 Å². The number of carbonyl (C=O) groups is 1. The lowest BCUT2D eigenvalue weighted by Gasteiger charge is -2.14. The molecule has 0 aliphatic carbocycles. The van der Waals surface area contributed by atoms with Crippen molar-refractivity contribution in [3.63, 3.8) is 0 Å². The topological polar surface area (TPSA) is 57.5 Å². The number of rotatable bonds is 2. The zero-order chi connectivity index (χ0) is 9.35. The van der Waals surface area contributed by atoms with Crippen LogP contribution in [0.5, 0.6) is 0 Å². The largest absolute Gasteiger partial charge is 0.479 e. The first-order valence-corrected chi connectivity index (χ1v) is 4.35. The number of hydrogen-bond acceptors (Lipinski definition) is 3. The van der Waals surface area contributed by atoms with Crippen LogP contribution in [0.25, 0.3) is 0 Å². The molecule has 1 rings (SSSR count). The quantitative estimate of drug-likeness (QED) is 0.775. The third-order valence-corrected chi connectivity index (χ3v) is 2.91. The van der Waals surface area contributed by atoms with E-state index in [-0.39, 0.29) is 0 Å². The van der Waals surface area contributed by atoms with Gasteiger partial charge in [-0.05, 0) is 19.1 Å². The maximum atomic E-state index is 10.5. The molecule has 2 N–H and O–H groups in total. The minimum absolute atomic E-state index is 0.333. The first-order valence-electron chi connectivity index (χ1n) is 3.16. The van der Waals surface area contributed by atoms with Gasteiger partial charge in [-0.15, -0.1) is 11.3 Å². The fraction of sp³-hybridized carbons (Fsp3) is 0.286. The van der Waals surface area contributed by atoms with Gasteiger partial charge in [0.25, 0.3) is 0 Å². The summed E-state index contributed by atoms with van der Waals surface area (Å²) in [6.07, 6.45) is 0. The van der Waals surface area contributed by atoms with Crippen molar-refractivity contribution in [1.82, 2.24) is 0 Å². The molecule has 0 saturated carbocycles. The second-order valence-electron chi connectivity index (χ2n) is 2.48. The summed E-state index contributed by atoms with van der Waals surface area (Å²) in [6.45, 7) is 1.22. The van der Waals surface area contributed by atoms with Crippen molar-refractivity contribution in [2.45, 2.75) is 12.5 Å². The van der Waals surface area contributed by atoms with E-state index in [0.29, 0.717) is 9.21 Å². The van der Waals surface area contributed by atoms with Crippen molar-refractivity contribution in [2.75, 3.05) is 0 Å². The van der Waals surface area contributed by atoms with Gasteiger partial charge in [0.05, 0.1) is 4.34 Å². The fourth-order valence-corrected chi connectivity index (χ4v) is 1.76. The highest BCUT2D eigenvalue weighted by molar-refractivity contribution is 7.16. The van der Waals surface area contributed by atoms with E-state index in [4.69, 9.17) is 16.7 Å². The Kier molecular flexibility index (Phi) is 2.41. The summed E-state index contributed by atoms with van der Waals surface area (Å²) in [7, 11) is 0. The van der Waals surface area contributed by atoms with Crippen LogP contribution in [0.3, 0.4) is 0 Å². The smallest absolute Gasteiger partial charge is 0.340 e. The minimum Gasteiger partial charge on any atom is -0.479 e. The molecular formula is C7H7ClO3S. The second-order valence-corrected chi connectivity index (χ2v) is 4.20. The molecule has 5 heteroatoms. The fourth-order valence-electron chi connectivity index (χ4n) is 0.681. The first kappa shape index (κ1) is 9.51. The van der Waals surface area contributed by atoms with Gasteiger partial charge in [0.15, 0.2) is 5.60 Å². The number of carboxylic acid groups (broad SMARTS) is 1. The highest BCUT2D eigenvalue weighted by atomic mass is 35.5. The average Bonchev–Trinajstić information content (AvgIpc) is 2.35. The molecular weight excluding hydrogens is 200 g/mol. The summed E-state index contributed by atoms with van der Waals surface area (Å²) in [5, 5.41) is 18.0. The van der Waals surface area contributed by atoms with E-state index in [1.54, 1.807) is 6.07 Å². The van der Waals surface area contributed by atoms with Gasteiger partial charge in [-0.2, -0.15) is 0 Å². The Morgan fingerprint density at radius 3 is 2.58 bits per heavy atom. The molecule has 12 heavy (non-hydrogen) atoms. The van der Waals surface area contributed by atoms with Crippen molar-refractivity contribution in [3.8, 4) is 0 Å². The van der Waals surface area contributed by atoms with Crippen molar-refractivity contribution in [3.05, 3.63) is 21.3 Å². The zero-order valence-corrected chi connectivity index (χ0v) is 7.82. The standard InChI is InChI=1S/C7H7ClO3S/c1-7(11,6(9)10)4-2-3-5(8)12-4/h2-3,11H,1H3,(H,9,10). The molecule has 0 aliphatic rings. The van der Waals surface area contributed by atoms with Crippen LogP contribution in [0.4, 0.5) is 0 Å². The molecule has 3 nitrogen and oxygen atoms in total. The lowest BCUT2D eigenvalue weighted by atomic mass is 10.1. The van der Waals surface area contributed by atoms with Crippen LogP contribution in [0.2, 0.25) is 4.34 Å². The third-order valence-electron chi connectivity index (χ3n) is 1.47. The molecule has 0 amide bonds. The van der Waals surface area contributed by atoms with E-state index in [9.17, 15) is 9.90 Å². The maximum Gasteiger partial charge on any atom is 0.340 e. The van der Waals surface area contributed by atoms with Gasteiger partial charge in [-0.1, -0.05) is 11.6 Å². The number of aliphatic carboxylic acids is 1. The molecule has 0 saturated heterocycles. The maximum absolute atomic E-state index is 10.5. The Labute approximate surface area is 78.2 Å². The number of thiophene rings is 1. The molecule has 0 spiro atoms. The van der Waals surface area contributed by atoms with Crippen LogP contribution in [0.1, 0.15) is 11.8 Å². The lowest BCUT2D eigenvalue weighted by molar-refractivity contribution is -0.157. The molecule has 66 valence electrons. The van der Waals surface area contributed by atoms with Crippen LogP contribution in [0, 0.1) is 0 Å². The van der Waals surface area contributed by atoms with Crippen LogP contribution >= 0.6 is 22.9 Å². The van der Waals surface area contributed by atoms with Crippen LogP contribution in [-0.4, -0.2) is 16.2 Å². The third kappa shape index (κ3) is 1.60. The molecule has 0 bridgehead atoms. The van der Waals surface area contributed by atoms with Crippen LogP contribution in [-0.2, 0) is 10.4 Å². The van der Waals surface area contributed by atoms with Crippen LogP contribution < -0.4 is 0 Å². The van der Waals surface area contributed by atoms with Gasteiger partial charge in [-0.25, -0.2) is 4.79 Å². The van der Waals surface area contributed by atoms with Crippen molar-refractivity contribution < 1.29 is 15.0 Å². The average molecular weight is 207 g/mol. The molecule has 0 aliphatic heterocycles. The van der Waals surface area contributed by atoms with Crippen molar-refractivity contribution >= 4 is 28.9 Å². The molecule has 1 aromatic heterocycles. The highest BCUT2D eigenvalue weighted by Crippen LogP contribution is 2.30. The molecule has 0 radical (unpaired) electrons. The molecule has 1 atom stereocenters. The Hall–Kier alpha value is -0.580. The Morgan fingerprint density at radius 1 is 1.67 bits per heavy atom. The van der Waals surface area contributed by atoms with E-state index < -0.39 is 11.6 Å². The minimum atomic E-state index is -1.84. The van der Waals surface area contributed by atoms with Gasteiger partial charge in [0, 0.05) is 4.88 Å². The summed E-state index contributed by atoms with van der Waals surface area (Å²) in [6, 6.07) is 3.06. The first-order chi connectivity index (χ1) is 5.44. The summed E-state index contributed by atoms with van der Waals surface area (Å²) >= 11 is 6.64. The summed E-state index contributed by atoms with van der Waals surface area (Å²) < 4.78 is 0.464. The van der Waals surface area contributed by atoms with Gasteiger partial charge in [0.1, 0.15) is 0 Å². The van der Waals surface area contributed by atoms with E-state index in [2.05, 4.69) is 0 Å². The van der Waals surface area contributed by atoms with Gasteiger partial charge < -0.3 is 10.2 Å². The van der Waals surface area contributed by atoms with E-state index >= 15 is 0 Å². The van der Waals surface area contributed by atoms with Crippen LogP contribution in [0.15, 0.2) is 12.1 Å². The molecule has 1 heterocycles. The molecule has 0 aromatic carbocycles. The Bertz CT molecular complexity index is 305. The predicted octanol–water partition coefficient (Wildman–Crippen LogP) is 1.69. The Balaban J connectivity index is 3.05. The van der Waals surface area contributed by atoms with Gasteiger partial charge in [-0.3, -0.25) is 0 Å². The molecule has 1 unspecified atom stereocenters. The highest BCUT2D eigenvalue weighted by Gasteiger charge is 2.33.